The van der Waals surface area contributed by atoms with Crippen LogP contribution in [0.15, 0.2) is 22.7 Å². The number of carboxylic acid groups (broad SMARTS) is 1. The lowest BCUT2D eigenvalue weighted by Gasteiger charge is -2.06. The Balaban J connectivity index is 3.34. The largest absolute Gasteiger partial charge is 0.478 e. The van der Waals surface area contributed by atoms with Crippen LogP contribution < -0.4 is 0 Å². The van der Waals surface area contributed by atoms with Gasteiger partial charge in [-0.1, -0.05) is 22.0 Å². The van der Waals surface area contributed by atoms with Crippen molar-refractivity contribution < 1.29 is 18.7 Å². The van der Waals surface area contributed by atoms with E-state index in [1.165, 1.54) is 12.1 Å². The number of hydrogen-bond acceptors (Lipinski definition) is 1. The summed E-state index contributed by atoms with van der Waals surface area (Å²) in [6.45, 7) is 0. The van der Waals surface area contributed by atoms with Gasteiger partial charge in [0.2, 0.25) is 0 Å². The number of hydrogen-bond donors (Lipinski definition) is 1. The summed E-state index contributed by atoms with van der Waals surface area (Å²) in [5.41, 5.74) is -0.848. The van der Waals surface area contributed by atoms with Gasteiger partial charge in [-0.2, -0.15) is 0 Å². The van der Waals surface area contributed by atoms with Crippen LogP contribution in [-0.4, -0.2) is 11.1 Å². The van der Waals surface area contributed by atoms with E-state index in [0.29, 0.717) is 0 Å². The Morgan fingerprint density at radius 1 is 1.46 bits per heavy atom. The molecule has 0 aliphatic carbocycles. The Morgan fingerprint density at radius 2 is 2.08 bits per heavy atom. The summed E-state index contributed by atoms with van der Waals surface area (Å²) in [6, 6.07) is 3.93. The van der Waals surface area contributed by atoms with Crippen LogP contribution in [0.3, 0.4) is 0 Å². The molecular formula is C8H5BrF2O2. The summed E-state index contributed by atoms with van der Waals surface area (Å²) in [6.07, 6.45) is -2.79. The van der Waals surface area contributed by atoms with Gasteiger partial charge < -0.3 is 5.11 Å². The second kappa shape index (κ2) is 3.83. The second-order valence-electron chi connectivity index (χ2n) is 2.31. The van der Waals surface area contributed by atoms with Crippen molar-refractivity contribution in [1.82, 2.24) is 0 Å². The molecule has 0 spiro atoms. The molecule has 70 valence electrons. The lowest BCUT2D eigenvalue weighted by atomic mass is 10.1. The molecular weight excluding hydrogens is 246 g/mol. The van der Waals surface area contributed by atoms with Crippen molar-refractivity contribution in [2.75, 3.05) is 0 Å². The topological polar surface area (TPSA) is 37.3 Å². The van der Waals surface area contributed by atoms with Crippen LogP contribution in [0.1, 0.15) is 22.3 Å². The first-order chi connectivity index (χ1) is 6.04. The summed E-state index contributed by atoms with van der Waals surface area (Å²) < 4.78 is 24.8. The van der Waals surface area contributed by atoms with Crippen molar-refractivity contribution >= 4 is 21.9 Å². The molecule has 1 rings (SSSR count). The quantitative estimate of drug-likeness (QED) is 0.876. The highest BCUT2D eigenvalue weighted by Gasteiger charge is 2.20. The van der Waals surface area contributed by atoms with E-state index in [2.05, 4.69) is 15.9 Å². The Hall–Kier alpha value is -0.970. The smallest absolute Gasteiger partial charge is 0.336 e. The lowest BCUT2D eigenvalue weighted by molar-refractivity contribution is 0.0684. The van der Waals surface area contributed by atoms with E-state index >= 15 is 0 Å². The van der Waals surface area contributed by atoms with E-state index in [0.717, 1.165) is 6.07 Å². The van der Waals surface area contributed by atoms with Gasteiger partial charge in [-0.25, -0.2) is 13.6 Å². The molecule has 0 aromatic heterocycles. The summed E-state index contributed by atoms with van der Waals surface area (Å²) in [5, 5.41) is 8.58. The monoisotopic (exact) mass is 250 g/mol. The molecule has 0 unspecified atom stereocenters. The highest BCUT2D eigenvalue weighted by Crippen LogP contribution is 2.30. The number of rotatable bonds is 2. The van der Waals surface area contributed by atoms with Gasteiger partial charge in [-0.05, 0) is 12.1 Å². The highest BCUT2D eigenvalue weighted by atomic mass is 79.9. The van der Waals surface area contributed by atoms with Crippen molar-refractivity contribution in [3.63, 3.8) is 0 Å². The van der Waals surface area contributed by atoms with Crippen molar-refractivity contribution in [2.45, 2.75) is 6.43 Å². The van der Waals surface area contributed by atoms with E-state index in [9.17, 15) is 13.6 Å². The van der Waals surface area contributed by atoms with E-state index in [1.807, 2.05) is 0 Å². The third kappa shape index (κ3) is 2.03. The molecule has 0 aliphatic rings. The Morgan fingerprint density at radius 3 is 2.46 bits per heavy atom. The van der Waals surface area contributed by atoms with Gasteiger partial charge in [0, 0.05) is 10.0 Å². The maximum absolute atomic E-state index is 12.4. The number of halogens is 3. The van der Waals surface area contributed by atoms with Gasteiger partial charge in [0.25, 0.3) is 6.43 Å². The molecule has 0 fully saturated rings. The molecule has 1 aromatic rings. The molecule has 0 bridgehead atoms. The SMILES string of the molecule is O=C(O)c1cccc(Br)c1C(F)F. The highest BCUT2D eigenvalue weighted by molar-refractivity contribution is 9.10. The number of alkyl halides is 2. The third-order valence-electron chi connectivity index (χ3n) is 1.50. The average molecular weight is 251 g/mol. The van der Waals surface area contributed by atoms with Gasteiger partial charge in [-0.3, -0.25) is 0 Å². The fourth-order valence-electron chi connectivity index (χ4n) is 0.945. The number of aromatic carboxylic acids is 1. The summed E-state index contributed by atoms with van der Waals surface area (Å²) in [4.78, 5) is 10.5. The molecule has 1 aromatic carbocycles. The Labute approximate surface area is 81.3 Å². The number of carboxylic acids is 1. The minimum absolute atomic E-state index is 0.113. The maximum atomic E-state index is 12.4. The van der Waals surface area contributed by atoms with Gasteiger partial charge >= 0.3 is 5.97 Å². The lowest BCUT2D eigenvalue weighted by Crippen LogP contribution is -2.03. The van der Waals surface area contributed by atoms with E-state index < -0.39 is 18.0 Å². The van der Waals surface area contributed by atoms with E-state index in [4.69, 9.17) is 5.11 Å². The predicted octanol–water partition coefficient (Wildman–Crippen LogP) is 3.08. The maximum Gasteiger partial charge on any atom is 0.336 e. The number of carbonyl (C=O) groups is 1. The van der Waals surface area contributed by atoms with Gasteiger partial charge in [0.15, 0.2) is 0 Å². The summed E-state index contributed by atoms with van der Waals surface area (Å²) in [5.74, 6) is -1.35. The molecule has 0 amide bonds. The molecule has 0 aliphatic heterocycles. The molecule has 0 saturated carbocycles. The molecule has 0 heterocycles. The molecule has 13 heavy (non-hydrogen) atoms. The fourth-order valence-corrected chi connectivity index (χ4v) is 1.48. The summed E-state index contributed by atoms with van der Waals surface area (Å²) in [7, 11) is 0. The molecule has 2 nitrogen and oxygen atoms in total. The van der Waals surface area contributed by atoms with Crippen LogP contribution >= 0.6 is 15.9 Å². The van der Waals surface area contributed by atoms with Gasteiger partial charge in [0.05, 0.1) is 5.56 Å². The van der Waals surface area contributed by atoms with Crippen LogP contribution in [0.4, 0.5) is 8.78 Å². The normalized spacial score (nSPS) is 10.5. The van der Waals surface area contributed by atoms with Crippen LogP contribution in [-0.2, 0) is 0 Å². The first-order valence-corrected chi connectivity index (χ1v) is 4.13. The van der Waals surface area contributed by atoms with Crippen molar-refractivity contribution in [2.24, 2.45) is 0 Å². The van der Waals surface area contributed by atoms with Gasteiger partial charge in [0.1, 0.15) is 0 Å². The minimum Gasteiger partial charge on any atom is -0.478 e. The van der Waals surface area contributed by atoms with E-state index in [-0.39, 0.29) is 10.0 Å². The van der Waals surface area contributed by atoms with Gasteiger partial charge in [-0.15, -0.1) is 0 Å². The van der Waals surface area contributed by atoms with Crippen LogP contribution in [0.5, 0.6) is 0 Å². The average Bonchev–Trinajstić information content (AvgIpc) is 2.02. The molecule has 1 N–H and O–H groups in total. The van der Waals surface area contributed by atoms with E-state index in [1.54, 1.807) is 0 Å². The van der Waals surface area contributed by atoms with Crippen molar-refractivity contribution in [3.8, 4) is 0 Å². The predicted molar refractivity (Wildman–Crippen MR) is 46.1 cm³/mol. The van der Waals surface area contributed by atoms with Crippen molar-refractivity contribution in [1.29, 1.82) is 0 Å². The molecule has 0 radical (unpaired) electrons. The fraction of sp³-hybridized carbons (Fsp3) is 0.125. The zero-order chi connectivity index (χ0) is 10.0. The number of benzene rings is 1. The standard InChI is InChI=1S/C8H5BrF2O2/c9-5-3-1-2-4(8(12)13)6(5)7(10)11/h1-3,7H,(H,12,13). The second-order valence-corrected chi connectivity index (χ2v) is 3.16. The van der Waals surface area contributed by atoms with Crippen LogP contribution in [0.25, 0.3) is 0 Å². The minimum atomic E-state index is -2.79. The van der Waals surface area contributed by atoms with Crippen LogP contribution in [0.2, 0.25) is 0 Å². The van der Waals surface area contributed by atoms with Crippen molar-refractivity contribution in [3.05, 3.63) is 33.8 Å². The Kier molecular flexibility index (Phi) is 2.98. The van der Waals surface area contributed by atoms with Crippen LogP contribution in [0, 0.1) is 0 Å². The molecule has 0 saturated heterocycles. The first-order valence-electron chi connectivity index (χ1n) is 3.34. The first kappa shape index (κ1) is 10.1. The molecule has 5 heteroatoms. The Bertz CT molecular complexity index is 339. The summed E-state index contributed by atoms with van der Waals surface area (Å²) >= 11 is 2.87. The zero-order valence-electron chi connectivity index (χ0n) is 6.30. The third-order valence-corrected chi connectivity index (χ3v) is 2.19. The molecule has 0 atom stereocenters. The zero-order valence-corrected chi connectivity index (χ0v) is 7.88.